The zero-order valence-electron chi connectivity index (χ0n) is 20.4. The molecule has 0 atom stereocenters. The Hall–Kier alpha value is -3.78. The smallest absolute Gasteiger partial charge is 0.341 e. The van der Waals surface area contributed by atoms with Crippen molar-refractivity contribution in [1.29, 1.82) is 0 Å². The van der Waals surface area contributed by atoms with Crippen molar-refractivity contribution in [2.75, 3.05) is 26.1 Å². The maximum Gasteiger partial charge on any atom is 0.341 e. The molecule has 1 N–H and O–H groups in total. The summed E-state index contributed by atoms with van der Waals surface area (Å²) in [5.74, 6) is 0.355. The average Bonchev–Trinajstić information content (AvgIpc) is 3.42. The van der Waals surface area contributed by atoms with Gasteiger partial charge in [0.25, 0.3) is 5.91 Å². The molecule has 1 amide bonds. The molecular formula is C27H28N2O5S. The van der Waals surface area contributed by atoms with Crippen LogP contribution in [0.1, 0.15) is 40.3 Å². The van der Waals surface area contributed by atoms with Crippen LogP contribution in [-0.2, 0) is 11.3 Å². The van der Waals surface area contributed by atoms with Gasteiger partial charge in [0, 0.05) is 28.4 Å². The number of methoxy groups -OCH3 is 2. The molecule has 0 spiro atoms. The van der Waals surface area contributed by atoms with Gasteiger partial charge in [-0.15, -0.1) is 11.3 Å². The Balaban J connectivity index is 1.79. The Morgan fingerprint density at radius 2 is 1.77 bits per heavy atom. The van der Waals surface area contributed by atoms with Gasteiger partial charge in [-0.3, -0.25) is 4.79 Å². The van der Waals surface area contributed by atoms with E-state index in [0.717, 1.165) is 22.0 Å². The number of nitrogens with one attached hydrogen (secondary N) is 1. The van der Waals surface area contributed by atoms with Gasteiger partial charge in [0.1, 0.15) is 16.3 Å². The highest BCUT2D eigenvalue weighted by molar-refractivity contribution is 7.15. The van der Waals surface area contributed by atoms with Crippen LogP contribution in [0.4, 0.5) is 5.00 Å². The van der Waals surface area contributed by atoms with Gasteiger partial charge in [0.05, 0.1) is 20.8 Å². The lowest BCUT2D eigenvalue weighted by molar-refractivity contribution is 0.0529. The quantitative estimate of drug-likeness (QED) is 0.299. The van der Waals surface area contributed by atoms with Crippen LogP contribution in [-0.4, -0.2) is 37.3 Å². The molecule has 4 aromatic rings. The number of amides is 1. The number of fused-ring (bicyclic) bond motifs is 1. The summed E-state index contributed by atoms with van der Waals surface area (Å²) in [6.07, 6.45) is 0. The largest absolute Gasteiger partial charge is 0.493 e. The molecule has 7 nitrogen and oxygen atoms in total. The third-order valence-electron chi connectivity index (χ3n) is 5.95. The minimum Gasteiger partial charge on any atom is -0.493 e. The first kappa shape index (κ1) is 24.3. The minimum atomic E-state index is -0.499. The van der Waals surface area contributed by atoms with Crippen molar-refractivity contribution in [2.45, 2.75) is 27.3 Å². The first-order valence-corrected chi connectivity index (χ1v) is 12.2. The Morgan fingerprint density at radius 1 is 1.03 bits per heavy atom. The molecule has 0 radical (unpaired) electrons. The normalized spacial score (nSPS) is 10.9. The number of carbonyl (C=O) groups excluding carboxylic acids is 2. The van der Waals surface area contributed by atoms with Crippen LogP contribution in [0.15, 0.2) is 47.8 Å². The molecule has 35 heavy (non-hydrogen) atoms. The second-order valence-electron chi connectivity index (χ2n) is 7.83. The second-order valence-corrected chi connectivity index (χ2v) is 8.71. The summed E-state index contributed by atoms with van der Waals surface area (Å²) >= 11 is 1.28. The molecule has 2 heterocycles. The van der Waals surface area contributed by atoms with Crippen molar-refractivity contribution in [3.63, 3.8) is 0 Å². The molecule has 182 valence electrons. The molecular weight excluding hydrogens is 464 g/mol. The summed E-state index contributed by atoms with van der Waals surface area (Å²) in [4.78, 5) is 26.6. The second kappa shape index (κ2) is 10.2. The van der Waals surface area contributed by atoms with Crippen molar-refractivity contribution in [2.24, 2.45) is 0 Å². The molecule has 4 rings (SSSR count). The molecule has 8 heteroatoms. The Bertz CT molecular complexity index is 1400. The number of hydrogen-bond acceptors (Lipinski definition) is 6. The van der Waals surface area contributed by atoms with E-state index in [-0.39, 0.29) is 12.5 Å². The van der Waals surface area contributed by atoms with Gasteiger partial charge in [-0.1, -0.05) is 24.3 Å². The van der Waals surface area contributed by atoms with E-state index in [4.69, 9.17) is 14.2 Å². The number of nitrogens with zero attached hydrogens (tertiary/aromatic N) is 1. The minimum absolute atomic E-state index is 0.219. The van der Waals surface area contributed by atoms with Crippen LogP contribution in [0.5, 0.6) is 11.5 Å². The number of aromatic nitrogens is 1. The summed E-state index contributed by atoms with van der Waals surface area (Å²) in [5, 5.41) is 6.29. The Kier molecular flexibility index (Phi) is 7.12. The number of hydrogen-bond donors (Lipinski definition) is 1. The van der Waals surface area contributed by atoms with Crippen LogP contribution in [0, 0.1) is 6.92 Å². The molecule has 0 aliphatic rings. The fourth-order valence-corrected chi connectivity index (χ4v) is 5.28. The number of rotatable bonds is 8. The zero-order chi connectivity index (χ0) is 25.1. The fraction of sp³-hybridized carbons (Fsp3) is 0.259. The van der Waals surface area contributed by atoms with E-state index in [9.17, 15) is 9.59 Å². The number of para-hydroxylation sites is 1. The first-order chi connectivity index (χ1) is 16.9. The predicted molar refractivity (Wildman–Crippen MR) is 139 cm³/mol. The standard InChI is InChI=1S/C27H28N2O5S/c1-6-29-20-11-9-8-10-18(20)16(3)24(29)25(30)28-26-23(27(31)34-7-2)19(15-35-26)17-12-13-21(32-4)22(14-17)33-5/h8-15H,6-7H2,1-5H3,(H,28,30). The SMILES string of the molecule is CCOC(=O)c1c(-c2ccc(OC)c(OC)c2)csc1NC(=O)c1c(C)c2ccccc2n1CC. The van der Waals surface area contributed by atoms with Gasteiger partial charge in [-0.05, 0) is 50.1 Å². The molecule has 0 aliphatic heterocycles. The number of carbonyl (C=O) groups is 2. The number of anilines is 1. The van der Waals surface area contributed by atoms with Crippen LogP contribution < -0.4 is 14.8 Å². The molecule has 0 saturated heterocycles. The van der Waals surface area contributed by atoms with Crippen LogP contribution in [0.3, 0.4) is 0 Å². The first-order valence-electron chi connectivity index (χ1n) is 11.3. The number of ether oxygens (including phenoxy) is 3. The van der Waals surface area contributed by atoms with Crippen molar-refractivity contribution < 1.29 is 23.8 Å². The number of aryl methyl sites for hydroxylation is 2. The van der Waals surface area contributed by atoms with E-state index in [2.05, 4.69) is 5.32 Å². The van der Waals surface area contributed by atoms with E-state index < -0.39 is 5.97 Å². The monoisotopic (exact) mass is 492 g/mol. The molecule has 2 aromatic carbocycles. The lowest BCUT2D eigenvalue weighted by Gasteiger charge is -2.12. The van der Waals surface area contributed by atoms with Crippen LogP contribution >= 0.6 is 11.3 Å². The van der Waals surface area contributed by atoms with E-state index in [1.165, 1.54) is 11.3 Å². The predicted octanol–water partition coefficient (Wildman–Crippen LogP) is 6.14. The number of esters is 1. The summed E-state index contributed by atoms with van der Waals surface area (Å²) in [7, 11) is 3.12. The van der Waals surface area contributed by atoms with Crippen molar-refractivity contribution in [1.82, 2.24) is 4.57 Å². The van der Waals surface area contributed by atoms with E-state index in [1.54, 1.807) is 33.3 Å². The van der Waals surface area contributed by atoms with Crippen molar-refractivity contribution >= 4 is 39.1 Å². The summed E-state index contributed by atoms with van der Waals surface area (Å²) in [5.41, 5.74) is 4.19. The molecule has 0 unspecified atom stereocenters. The zero-order valence-corrected chi connectivity index (χ0v) is 21.2. The molecule has 2 aromatic heterocycles. The number of benzene rings is 2. The maximum atomic E-state index is 13.5. The molecule has 0 bridgehead atoms. The summed E-state index contributed by atoms with van der Waals surface area (Å²) < 4.78 is 18.1. The topological polar surface area (TPSA) is 78.8 Å². The van der Waals surface area contributed by atoms with Crippen molar-refractivity contribution in [3.05, 3.63) is 64.7 Å². The van der Waals surface area contributed by atoms with Gasteiger partial charge >= 0.3 is 5.97 Å². The van der Waals surface area contributed by atoms with Crippen LogP contribution in [0.25, 0.3) is 22.0 Å². The van der Waals surface area contributed by atoms with Gasteiger partial charge in [0.15, 0.2) is 11.5 Å². The molecule has 0 fully saturated rings. The van der Waals surface area contributed by atoms with Crippen LogP contribution in [0.2, 0.25) is 0 Å². The summed E-state index contributed by atoms with van der Waals surface area (Å²) in [6.45, 7) is 6.56. The van der Waals surface area contributed by atoms with Gasteiger partial charge < -0.3 is 24.1 Å². The highest BCUT2D eigenvalue weighted by Crippen LogP contribution is 2.40. The van der Waals surface area contributed by atoms with Gasteiger partial charge in [-0.2, -0.15) is 0 Å². The lowest BCUT2D eigenvalue weighted by atomic mass is 10.0. The fourth-order valence-electron chi connectivity index (χ4n) is 4.33. The molecule has 0 aliphatic carbocycles. The van der Waals surface area contributed by atoms with Gasteiger partial charge in [0.2, 0.25) is 0 Å². The third kappa shape index (κ3) is 4.37. The lowest BCUT2D eigenvalue weighted by Crippen LogP contribution is -2.19. The highest BCUT2D eigenvalue weighted by atomic mass is 32.1. The third-order valence-corrected chi connectivity index (χ3v) is 6.84. The van der Waals surface area contributed by atoms with Crippen molar-refractivity contribution in [3.8, 4) is 22.6 Å². The highest BCUT2D eigenvalue weighted by Gasteiger charge is 2.26. The van der Waals surface area contributed by atoms with E-state index in [0.29, 0.717) is 39.9 Å². The maximum absolute atomic E-state index is 13.5. The average molecular weight is 493 g/mol. The van der Waals surface area contributed by atoms with Gasteiger partial charge in [-0.25, -0.2) is 4.79 Å². The van der Waals surface area contributed by atoms with E-state index in [1.807, 2.05) is 54.1 Å². The summed E-state index contributed by atoms with van der Waals surface area (Å²) in [6, 6.07) is 13.4. The Morgan fingerprint density at radius 3 is 2.46 bits per heavy atom. The van der Waals surface area contributed by atoms with E-state index >= 15 is 0 Å². The molecule has 0 saturated carbocycles. The Labute approximate surface area is 208 Å². The number of thiophene rings is 1.